The van der Waals surface area contributed by atoms with Crippen LogP contribution in [0.25, 0.3) is 0 Å². The Morgan fingerprint density at radius 3 is 2.48 bits per heavy atom. The third-order valence-electron chi connectivity index (χ3n) is 3.41. The van der Waals surface area contributed by atoms with Gasteiger partial charge in [-0.2, -0.15) is 4.31 Å². The number of nitrogens with one attached hydrogen (secondary N) is 1. The molecule has 9 heteroatoms. The third kappa shape index (κ3) is 4.87. The van der Waals surface area contributed by atoms with Crippen LogP contribution < -0.4 is 5.32 Å². The zero-order valence-electron chi connectivity index (χ0n) is 13.4. The van der Waals surface area contributed by atoms with Crippen LogP contribution in [0.4, 0.5) is 10.1 Å². The first-order valence-electron chi connectivity index (χ1n) is 7.08. The summed E-state index contributed by atoms with van der Waals surface area (Å²) in [5.74, 6) is -1.04. The minimum absolute atomic E-state index is 0.100. The average molecular weight is 494 g/mol. The Hall–Kier alpha value is -1.29. The molecule has 5 nitrogen and oxygen atoms in total. The molecule has 0 fully saturated rings. The Labute approximate surface area is 162 Å². The van der Waals surface area contributed by atoms with Gasteiger partial charge >= 0.3 is 0 Å². The lowest BCUT2D eigenvalue weighted by molar-refractivity contribution is -0.116. The fourth-order valence-corrected chi connectivity index (χ4v) is 4.71. The number of halogens is 3. The highest BCUT2D eigenvalue weighted by molar-refractivity contribution is 9.10. The lowest BCUT2D eigenvalue weighted by Crippen LogP contribution is -2.35. The molecular weight excluding hydrogens is 479 g/mol. The molecule has 2 aromatic carbocycles. The fourth-order valence-electron chi connectivity index (χ4n) is 2.10. The molecule has 1 amide bonds. The summed E-state index contributed by atoms with van der Waals surface area (Å²) in [4.78, 5) is 12.1. The Morgan fingerprint density at radius 1 is 1.20 bits per heavy atom. The zero-order valence-corrected chi connectivity index (χ0v) is 17.4. The molecule has 134 valence electrons. The summed E-state index contributed by atoms with van der Waals surface area (Å²) in [5, 5.41) is 2.68. The number of rotatable bonds is 5. The van der Waals surface area contributed by atoms with E-state index in [2.05, 4.69) is 37.2 Å². The highest BCUT2D eigenvalue weighted by atomic mass is 79.9. The molecule has 0 aliphatic carbocycles. The maximum atomic E-state index is 13.1. The molecule has 0 unspecified atom stereocenters. The van der Waals surface area contributed by atoms with Crippen LogP contribution in [-0.2, 0) is 14.8 Å². The van der Waals surface area contributed by atoms with Gasteiger partial charge in [0.25, 0.3) is 0 Å². The summed E-state index contributed by atoms with van der Waals surface area (Å²) in [7, 11) is -2.65. The van der Waals surface area contributed by atoms with Crippen molar-refractivity contribution >= 4 is 53.5 Å². The Bertz CT molecular complexity index is 920. The van der Waals surface area contributed by atoms with Gasteiger partial charge in [0, 0.05) is 21.7 Å². The lowest BCUT2D eigenvalue weighted by Gasteiger charge is -2.18. The van der Waals surface area contributed by atoms with Crippen molar-refractivity contribution in [3.05, 3.63) is 56.7 Å². The second-order valence-electron chi connectivity index (χ2n) is 5.34. The van der Waals surface area contributed by atoms with Crippen LogP contribution in [-0.4, -0.2) is 32.2 Å². The van der Waals surface area contributed by atoms with E-state index in [4.69, 9.17) is 0 Å². The normalized spacial score (nSPS) is 11.6. The molecule has 2 aromatic rings. The van der Waals surface area contributed by atoms with Gasteiger partial charge in [-0.05, 0) is 64.8 Å². The molecule has 25 heavy (non-hydrogen) atoms. The number of sulfonamides is 1. The number of anilines is 1. The number of carbonyl (C=O) groups excluding carboxylic acids is 1. The van der Waals surface area contributed by atoms with Gasteiger partial charge in [0.1, 0.15) is 5.82 Å². The average Bonchev–Trinajstić information content (AvgIpc) is 2.49. The first-order chi connectivity index (χ1) is 11.6. The van der Waals surface area contributed by atoms with E-state index >= 15 is 0 Å². The van der Waals surface area contributed by atoms with E-state index in [-0.39, 0.29) is 15.9 Å². The molecule has 0 heterocycles. The van der Waals surface area contributed by atoms with Crippen molar-refractivity contribution in [2.24, 2.45) is 0 Å². The predicted octanol–water partition coefficient (Wildman–Crippen LogP) is 3.92. The Morgan fingerprint density at radius 2 is 1.88 bits per heavy atom. The van der Waals surface area contributed by atoms with Crippen LogP contribution in [0.15, 0.2) is 50.2 Å². The summed E-state index contributed by atoms with van der Waals surface area (Å²) in [6.07, 6.45) is 0. The predicted molar refractivity (Wildman–Crippen MR) is 101 cm³/mol. The Kier molecular flexibility index (Phi) is 6.36. The summed E-state index contributed by atoms with van der Waals surface area (Å²) in [5.41, 5.74) is 1.44. The highest BCUT2D eigenvalue weighted by Crippen LogP contribution is 2.25. The smallest absolute Gasteiger partial charge is 0.244 e. The number of carbonyl (C=O) groups is 1. The maximum absolute atomic E-state index is 13.1. The zero-order chi connectivity index (χ0) is 18.8. The van der Waals surface area contributed by atoms with Gasteiger partial charge < -0.3 is 5.32 Å². The van der Waals surface area contributed by atoms with E-state index in [1.54, 1.807) is 12.1 Å². The van der Waals surface area contributed by atoms with Crippen LogP contribution >= 0.6 is 31.9 Å². The SMILES string of the molecule is Cc1cc(Br)ccc1NC(=O)CN(C)S(=O)(=O)c1ccc(F)cc1Br. The van der Waals surface area contributed by atoms with E-state index in [0.29, 0.717) is 5.69 Å². The van der Waals surface area contributed by atoms with Crippen LogP contribution in [0.2, 0.25) is 0 Å². The van der Waals surface area contributed by atoms with E-state index in [9.17, 15) is 17.6 Å². The molecule has 0 aliphatic heterocycles. The first kappa shape index (κ1) is 20.0. The number of hydrogen-bond acceptors (Lipinski definition) is 3. The molecule has 0 bridgehead atoms. The second-order valence-corrected chi connectivity index (χ2v) is 9.13. The highest BCUT2D eigenvalue weighted by Gasteiger charge is 2.25. The van der Waals surface area contributed by atoms with Crippen molar-refractivity contribution < 1.29 is 17.6 Å². The standard InChI is InChI=1S/C16H15Br2FN2O3S/c1-10-7-11(17)3-5-14(10)20-16(22)9-21(2)25(23,24)15-6-4-12(19)8-13(15)18/h3-8H,9H2,1-2H3,(H,20,22). The van der Waals surface area contributed by atoms with Gasteiger partial charge in [-0.3, -0.25) is 4.79 Å². The maximum Gasteiger partial charge on any atom is 0.244 e. The number of hydrogen-bond donors (Lipinski definition) is 1. The molecule has 0 aliphatic rings. The van der Waals surface area contributed by atoms with Crippen LogP contribution in [0.3, 0.4) is 0 Å². The van der Waals surface area contributed by atoms with Gasteiger partial charge in [-0.1, -0.05) is 15.9 Å². The molecule has 0 radical (unpaired) electrons. The topological polar surface area (TPSA) is 66.5 Å². The number of amides is 1. The van der Waals surface area contributed by atoms with Gasteiger partial charge in [0.2, 0.25) is 15.9 Å². The van der Waals surface area contributed by atoms with Gasteiger partial charge in [0.05, 0.1) is 11.4 Å². The molecular formula is C16H15Br2FN2O3S. The largest absolute Gasteiger partial charge is 0.325 e. The van der Waals surface area contributed by atoms with Crippen molar-refractivity contribution in [3.63, 3.8) is 0 Å². The van der Waals surface area contributed by atoms with E-state index in [1.807, 2.05) is 13.0 Å². The van der Waals surface area contributed by atoms with Crippen molar-refractivity contribution in [1.82, 2.24) is 4.31 Å². The minimum atomic E-state index is -3.94. The van der Waals surface area contributed by atoms with Crippen LogP contribution in [0.1, 0.15) is 5.56 Å². The fraction of sp³-hybridized carbons (Fsp3) is 0.188. The van der Waals surface area contributed by atoms with Gasteiger partial charge in [-0.15, -0.1) is 0 Å². The van der Waals surface area contributed by atoms with Crippen LogP contribution in [0.5, 0.6) is 0 Å². The summed E-state index contributed by atoms with van der Waals surface area (Å²) in [6.45, 7) is 1.46. The van der Waals surface area contributed by atoms with E-state index < -0.39 is 21.7 Å². The first-order valence-corrected chi connectivity index (χ1v) is 10.1. The third-order valence-corrected chi connectivity index (χ3v) is 6.68. The van der Waals surface area contributed by atoms with Gasteiger partial charge in [-0.25, -0.2) is 12.8 Å². The van der Waals surface area contributed by atoms with Gasteiger partial charge in [0.15, 0.2) is 0 Å². The molecule has 0 saturated heterocycles. The second kappa shape index (κ2) is 7.94. The molecule has 0 aromatic heterocycles. The lowest BCUT2D eigenvalue weighted by atomic mass is 10.2. The minimum Gasteiger partial charge on any atom is -0.325 e. The number of likely N-dealkylation sites (N-methyl/N-ethyl adjacent to an activating group) is 1. The van der Waals surface area contributed by atoms with E-state index in [1.165, 1.54) is 7.05 Å². The van der Waals surface area contributed by atoms with E-state index in [0.717, 1.165) is 32.5 Å². The quantitative estimate of drug-likeness (QED) is 0.686. The number of benzene rings is 2. The monoisotopic (exact) mass is 492 g/mol. The molecule has 2 rings (SSSR count). The summed E-state index contributed by atoms with van der Waals surface area (Å²) < 4.78 is 40.1. The number of nitrogens with zero attached hydrogens (tertiary/aromatic N) is 1. The molecule has 0 atom stereocenters. The molecule has 1 N–H and O–H groups in total. The van der Waals surface area contributed by atoms with Crippen molar-refractivity contribution in [1.29, 1.82) is 0 Å². The summed E-state index contributed by atoms with van der Waals surface area (Å²) >= 11 is 6.37. The Balaban J connectivity index is 2.14. The molecule has 0 saturated carbocycles. The number of aryl methyl sites for hydroxylation is 1. The summed E-state index contributed by atoms with van der Waals surface area (Å²) in [6, 6.07) is 8.61. The molecule has 0 spiro atoms. The van der Waals surface area contributed by atoms with Crippen LogP contribution in [0, 0.1) is 12.7 Å². The van der Waals surface area contributed by atoms with Crippen molar-refractivity contribution in [3.8, 4) is 0 Å². The van der Waals surface area contributed by atoms with Crippen molar-refractivity contribution in [2.45, 2.75) is 11.8 Å². The van der Waals surface area contributed by atoms with Crippen molar-refractivity contribution in [2.75, 3.05) is 18.9 Å².